The lowest BCUT2D eigenvalue weighted by atomic mass is 9.76. The van der Waals surface area contributed by atoms with Crippen LogP contribution >= 0.6 is 0 Å². The number of methoxy groups -OCH3 is 3. The molecule has 1 aromatic rings. The molecule has 0 spiro atoms. The Balaban J connectivity index is 2.22. The van der Waals surface area contributed by atoms with Crippen molar-refractivity contribution < 1.29 is 19.3 Å². The second-order valence-electron chi connectivity index (χ2n) is 5.05. The highest BCUT2D eigenvalue weighted by Gasteiger charge is 2.44. The molecule has 0 atom stereocenters. The number of rotatable bonds is 4. The Bertz CT molecular complexity index is 416. The van der Waals surface area contributed by atoms with E-state index in [2.05, 4.69) is 0 Å². The molecule has 1 N–H and O–H groups in total. The Morgan fingerprint density at radius 3 is 2.05 bits per heavy atom. The molecule has 4 nitrogen and oxygen atoms in total. The molecule has 106 valence electrons. The van der Waals surface area contributed by atoms with E-state index in [-0.39, 0.29) is 0 Å². The summed E-state index contributed by atoms with van der Waals surface area (Å²) in [6, 6.07) is 7.63. The summed E-state index contributed by atoms with van der Waals surface area (Å²) in [5, 5.41) is 10.9. The monoisotopic (exact) mass is 266 g/mol. The van der Waals surface area contributed by atoms with E-state index in [1.54, 1.807) is 21.3 Å². The summed E-state index contributed by atoms with van der Waals surface area (Å²) in [4.78, 5) is 0. The quantitative estimate of drug-likeness (QED) is 0.850. The second kappa shape index (κ2) is 5.49. The van der Waals surface area contributed by atoms with Gasteiger partial charge in [0.2, 0.25) is 0 Å². The number of aliphatic hydroxyl groups is 1. The van der Waals surface area contributed by atoms with Gasteiger partial charge in [-0.15, -0.1) is 0 Å². The van der Waals surface area contributed by atoms with E-state index in [4.69, 9.17) is 14.2 Å². The van der Waals surface area contributed by atoms with Gasteiger partial charge < -0.3 is 19.3 Å². The van der Waals surface area contributed by atoms with E-state index in [9.17, 15) is 5.11 Å². The maximum atomic E-state index is 10.9. The van der Waals surface area contributed by atoms with Gasteiger partial charge in [-0.3, -0.25) is 0 Å². The van der Waals surface area contributed by atoms with Crippen molar-refractivity contribution >= 4 is 0 Å². The molecule has 2 rings (SSSR count). The lowest BCUT2D eigenvalue weighted by Gasteiger charge is -2.42. The molecule has 1 aliphatic rings. The van der Waals surface area contributed by atoms with E-state index in [0.29, 0.717) is 25.7 Å². The molecule has 0 radical (unpaired) electrons. The Labute approximate surface area is 114 Å². The van der Waals surface area contributed by atoms with Gasteiger partial charge >= 0.3 is 0 Å². The zero-order valence-electron chi connectivity index (χ0n) is 11.8. The maximum Gasteiger partial charge on any atom is 0.167 e. The highest BCUT2D eigenvalue weighted by molar-refractivity contribution is 5.38. The molecule has 1 fully saturated rings. The third-order valence-electron chi connectivity index (χ3n) is 4.19. The number of hydrogen-bond acceptors (Lipinski definition) is 4. The molecule has 1 aliphatic carbocycles. The molecule has 19 heavy (non-hydrogen) atoms. The lowest BCUT2D eigenvalue weighted by Crippen LogP contribution is -2.44. The van der Waals surface area contributed by atoms with Gasteiger partial charge in [0.1, 0.15) is 5.75 Å². The van der Waals surface area contributed by atoms with E-state index in [1.807, 2.05) is 24.3 Å². The fraction of sp³-hybridized carbons (Fsp3) is 0.600. The second-order valence-corrected chi connectivity index (χ2v) is 5.05. The first kappa shape index (κ1) is 14.3. The standard InChI is InChI=1S/C15H22O4/c1-17-13-7-5-4-6-12(13)14(16)8-10-15(18-2,19-3)11-9-14/h4-7,16H,8-11H2,1-3H3. The Morgan fingerprint density at radius 1 is 0.947 bits per heavy atom. The van der Waals surface area contributed by atoms with Gasteiger partial charge in [0.05, 0.1) is 12.7 Å². The number of para-hydroxylation sites is 1. The average Bonchev–Trinajstić information content (AvgIpc) is 2.48. The minimum Gasteiger partial charge on any atom is -0.496 e. The van der Waals surface area contributed by atoms with E-state index in [1.165, 1.54) is 0 Å². The van der Waals surface area contributed by atoms with Crippen LogP contribution in [0.2, 0.25) is 0 Å². The number of benzene rings is 1. The first-order chi connectivity index (χ1) is 9.09. The smallest absolute Gasteiger partial charge is 0.167 e. The molecule has 0 aliphatic heterocycles. The third-order valence-corrected chi connectivity index (χ3v) is 4.19. The summed E-state index contributed by atoms with van der Waals surface area (Å²) in [7, 11) is 4.92. The Hall–Kier alpha value is -1.10. The summed E-state index contributed by atoms with van der Waals surface area (Å²) in [6.45, 7) is 0. The van der Waals surface area contributed by atoms with Crippen LogP contribution in [0.3, 0.4) is 0 Å². The van der Waals surface area contributed by atoms with Crippen molar-refractivity contribution in [1.29, 1.82) is 0 Å². The van der Waals surface area contributed by atoms with Crippen LogP contribution in [-0.4, -0.2) is 32.2 Å². The van der Waals surface area contributed by atoms with Crippen molar-refractivity contribution in [2.24, 2.45) is 0 Å². The average molecular weight is 266 g/mol. The number of ether oxygens (including phenoxy) is 3. The molecule has 1 aromatic carbocycles. The molecule has 4 heteroatoms. The SMILES string of the molecule is COc1ccccc1C1(O)CCC(OC)(OC)CC1. The van der Waals surface area contributed by atoms with Crippen LogP contribution in [0, 0.1) is 0 Å². The fourth-order valence-corrected chi connectivity index (χ4v) is 2.83. The van der Waals surface area contributed by atoms with Gasteiger partial charge in [-0.1, -0.05) is 18.2 Å². The van der Waals surface area contributed by atoms with Crippen molar-refractivity contribution in [3.05, 3.63) is 29.8 Å². The minimum atomic E-state index is -0.868. The molecule has 0 unspecified atom stereocenters. The molecule has 1 saturated carbocycles. The van der Waals surface area contributed by atoms with Crippen LogP contribution in [0.4, 0.5) is 0 Å². The van der Waals surface area contributed by atoms with E-state index >= 15 is 0 Å². The summed E-state index contributed by atoms with van der Waals surface area (Å²) in [5.74, 6) is 0.168. The van der Waals surface area contributed by atoms with Crippen LogP contribution in [0.1, 0.15) is 31.2 Å². The predicted molar refractivity (Wildman–Crippen MR) is 72.1 cm³/mol. The van der Waals surface area contributed by atoms with Gasteiger partial charge in [-0.2, -0.15) is 0 Å². The molecular formula is C15H22O4. The van der Waals surface area contributed by atoms with Crippen LogP contribution < -0.4 is 4.74 Å². The van der Waals surface area contributed by atoms with Crippen LogP contribution in [0.5, 0.6) is 5.75 Å². The summed E-state index contributed by atoms with van der Waals surface area (Å²) < 4.78 is 16.2. The first-order valence-electron chi connectivity index (χ1n) is 6.55. The normalized spacial score (nSPS) is 21.1. The van der Waals surface area contributed by atoms with Crippen LogP contribution in [0.25, 0.3) is 0 Å². The van der Waals surface area contributed by atoms with Gasteiger partial charge in [-0.05, 0) is 18.9 Å². The molecule has 0 heterocycles. The van der Waals surface area contributed by atoms with Crippen LogP contribution in [-0.2, 0) is 15.1 Å². The molecule has 0 amide bonds. The Kier molecular flexibility index (Phi) is 4.13. The fourth-order valence-electron chi connectivity index (χ4n) is 2.83. The number of hydrogen-bond donors (Lipinski definition) is 1. The van der Waals surface area contributed by atoms with Gasteiger partial charge in [0.15, 0.2) is 5.79 Å². The third kappa shape index (κ3) is 2.61. The minimum absolute atomic E-state index is 0.561. The predicted octanol–water partition coefficient (Wildman–Crippen LogP) is 2.45. The summed E-state index contributed by atoms with van der Waals surface area (Å²) in [6.07, 6.45) is 2.51. The maximum absolute atomic E-state index is 10.9. The lowest BCUT2D eigenvalue weighted by molar-refractivity contribution is -0.243. The van der Waals surface area contributed by atoms with E-state index in [0.717, 1.165) is 11.3 Å². The first-order valence-corrected chi connectivity index (χ1v) is 6.55. The zero-order valence-corrected chi connectivity index (χ0v) is 11.8. The zero-order chi connectivity index (χ0) is 13.9. The molecular weight excluding hydrogens is 244 g/mol. The van der Waals surface area contributed by atoms with Crippen molar-refractivity contribution in [2.45, 2.75) is 37.1 Å². The van der Waals surface area contributed by atoms with Gasteiger partial charge in [-0.25, -0.2) is 0 Å². The van der Waals surface area contributed by atoms with Crippen molar-refractivity contribution in [1.82, 2.24) is 0 Å². The Morgan fingerprint density at radius 2 is 1.53 bits per heavy atom. The van der Waals surface area contributed by atoms with E-state index < -0.39 is 11.4 Å². The highest BCUT2D eigenvalue weighted by atomic mass is 16.7. The van der Waals surface area contributed by atoms with Gasteiger partial charge in [0.25, 0.3) is 0 Å². The van der Waals surface area contributed by atoms with Crippen molar-refractivity contribution in [3.8, 4) is 5.75 Å². The summed E-state index contributed by atoms with van der Waals surface area (Å²) in [5.41, 5.74) is -0.0222. The molecule has 0 aromatic heterocycles. The molecule has 0 saturated heterocycles. The summed E-state index contributed by atoms with van der Waals surface area (Å²) >= 11 is 0. The van der Waals surface area contributed by atoms with Crippen molar-refractivity contribution in [2.75, 3.05) is 21.3 Å². The van der Waals surface area contributed by atoms with Crippen LogP contribution in [0.15, 0.2) is 24.3 Å². The molecule has 0 bridgehead atoms. The highest BCUT2D eigenvalue weighted by Crippen LogP contribution is 2.45. The van der Waals surface area contributed by atoms with Crippen molar-refractivity contribution in [3.63, 3.8) is 0 Å². The van der Waals surface area contributed by atoms with Gasteiger partial charge in [0, 0.05) is 32.6 Å². The topological polar surface area (TPSA) is 47.9 Å². The largest absolute Gasteiger partial charge is 0.496 e.